The van der Waals surface area contributed by atoms with Crippen molar-refractivity contribution in [3.8, 4) is 12.1 Å². The lowest BCUT2D eigenvalue weighted by atomic mass is 10.6. The summed E-state index contributed by atoms with van der Waals surface area (Å²) in [5.74, 6) is 6.19. The average molecular weight is 523 g/mol. The molecular formula is C18H22N2S8. The zero-order valence-electron chi connectivity index (χ0n) is 15.8. The Balaban J connectivity index is 2.08. The molecule has 0 atom stereocenters. The number of hydrogen-bond donors (Lipinski definition) is 0. The number of rotatable bonds is 12. The van der Waals surface area contributed by atoms with Gasteiger partial charge in [0, 0.05) is 45.7 Å². The third-order valence-corrected chi connectivity index (χ3v) is 14.1. The highest BCUT2D eigenvalue weighted by Gasteiger charge is 2.30. The summed E-state index contributed by atoms with van der Waals surface area (Å²) in [6.07, 6.45) is 1.15. The first-order valence-electron chi connectivity index (χ1n) is 8.80. The molecule has 0 unspecified atom stereocenters. The molecule has 2 aliphatic heterocycles. The Kier molecular flexibility index (Phi) is 13.5. The van der Waals surface area contributed by atoms with E-state index in [4.69, 9.17) is 10.5 Å². The fourth-order valence-electron chi connectivity index (χ4n) is 1.96. The average Bonchev–Trinajstić information content (AvgIpc) is 3.29. The van der Waals surface area contributed by atoms with Gasteiger partial charge in [-0.15, -0.1) is 23.5 Å². The maximum Gasteiger partial charge on any atom is 0.0717 e. The first-order valence-corrected chi connectivity index (χ1v) is 16.3. The summed E-state index contributed by atoms with van der Waals surface area (Å²) in [5, 5.41) is 17.7. The van der Waals surface area contributed by atoms with Gasteiger partial charge in [-0.2, -0.15) is 34.0 Å². The predicted molar refractivity (Wildman–Crippen MR) is 143 cm³/mol. The maximum atomic E-state index is 8.85. The van der Waals surface area contributed by atoms with Crippen LogP contribution in [0.5, 0.6) is 0 Å². The van der Waals surface area contributed by atoms with Crippen LogP contribution in [0.2, 0.25) is 0 Å². The van der Waals surface area contributed by atoms with Crippen molar-refractivity contribution < 1.29 is 0 Å². The third kappa shape index (κ3) is 8.26. The minimum atomic E-state index is 0.573. The van der Waals surface area contributed by atoms with Gasteiger partial charge in [-0.05, 0) is 11.5 Å². The van der Waals surface area contributed by atoms with Crippen molar-refractivity contribution in [2.45, 2.75) is 26.7 Å². The van der Waals surface area contributed by atoms with Crippen molar-refractivity contribution >= 4 is 94.1 Å². The monoisotopic (exact) mass is 522 g/mol. The standard InChI is InChI=1S/C18H22N2S8/c1-3-21-11-13-14(12-22-4-2)26-17(25-13)18-27-15(23-9-5-7-19)16(28-18)24-10-6-8-20/h3-6,9-12H2,1-2H3. The topological polar surface area (TPSA) is 47.6 Å². The van der Waals surface area contributed by atoms with Crippen LogP contribution in [0.3, 0.4) is 0 Å². The second-order valence-corrected chi connectivity index (χ2v) is 15.2. The minimum absolute atomic E-state index is 0.573. The quantitative estimate of drug-likeness (QED) is 0.234. The number of nitriles is 2. The number of hydrogen-bond acceptors (Lipinski definition) is 10. The molecule has 0 spiro atoms. The van der Waals surface area contributed by atoms with Crippen LogP contribution in [0, 0.1) is 22.7 Å². The Morgan fingerprint density at radius 2 is 1.14 bits per heavy atom. The van der Waals surface area contributed by atoms with E-state index in [0.717, 1.165) is 34.5 Å². The normalized spacial score (nSPS) is 16.9. The molecule has 0 saturated heterocycles. The van der Waals surface area contributed by atoms with Crippen LogP contribution >= 0.6 is 94.1 Å². The molecule has 2 rings (SSSR count). The largest absolute Gasteiger partial charge is 0.198 e. The van der Waals surface area contributed by atoms with Crippen molar-refractivity contribution in [1.29, 1.82) is 10.5 Å². The smallest absolute Gasteiger partial charge is 0.0717 e. The van der Waals surface area contributed by atoms with Crippen molar-refractivity contribution in [1.82, 2.24) is 0 Å². The molecule has 0 N–H and O–H groups in total. The molecule has 0 bridgehead atoms. The van der Waals surface area contributed by atoms with Gasteiger partial charge in [0.25, 0.3) is 0 Å². The predicted octanol–water partition coefficient (Wildman–Crippen LogP) is 8.21. The molecular weight excluding hydrogens is 501 g/mol. The molecule has 0 aliphatic carbocycles. The Hall–Kier alpha value is 1.000. The highest BCUT2D eigenvalue weighted by atomic mass is 32.3. The Morgan fingerprint density at radius 3 is 1.54 bits per heavy atom. The van der Waals surface area contributed by atoms with Gasteiger partial charge in [-0.25, -0.2) is 0 Å². The lowest BCUT2D eigenvalue weighted by Crippen LogP contribution is -1.88. The fourth-order valence-corrected chi connectivity index (χ4v) is 12.6. The zero-order chi connectivity index (χ0) is 20.2. The SMILES string of the molecule is CCSCC1=C(CSCC)SC(=C2SC(SCCC#N)=C(SCCC#N)S2)S1. The second kappa shape index (κ2) is 14.9. The van der Waals surface area contributed by atoms with E-state index in [0.29, 0.717) is 12.8 Å². The molecule has 0 aromatic heterocycles. The molecule has 2 nitrogen and oxygen atoms in total. The lowest BCUT2D eigenvalue weighted by Gasteiger charge is -2.03. The van der Waals surface area contributed by atoms with E-state index >= 15 is 0 Å². The summed E-state index contributed by atoms with van der Waals surface area (Å²) in [6.45, 7) is 4.44. The molecule has 28 heavy (non-hydrogen) atoms. The summed E-state index contributed by atoms with van der Waals surface area (Å²) in [5.41, 5.74) is 0. The van der Waals surface area contributed by atoms with Crippen LogP contribution in [-0.2, 0) is 0 Å². The molecule has 152 valence electrons. The van der Waals surface area contributed by atoms with E-state index < -0.39 is 0 Å². The van der Waals surface area contributed by atoms with Gasteiger partial charge < -0.3 is 0 Å². The number of thioether (sulfide) groups is 8. The van der Waals surface area contributed by atoms with Gasteiger partial charge in [-0.3, -0.25) is 0 Å². The molecule has 10 heteroatoms. The van der Waals surface area contributed by atoms with E-state index in [1.807, 2.05) is 70.6 Å². The van der Waals surface area contributed by atoms with E-state index in [1.54, 1.807) is 23.5 Å². The molecule has 0 saturated carbocycles. The summed E-state index contributed by atoms with van der Waals surface area (Å²) in [6, 6.07) is 4.47. The van der Waals surface area contributed by atoms with Gasteiger partial charge in [0.1, 0.15) is 0 Å². The van der Waals surface area contributed by atoms with Crippen molar-refractivity contribution in [3.63, 3.8) is 0 Å². The van der Waals surface area contributed by atoms with E-state index in [1.165, 1.54) is 26.8 Å². The zero-order valence-corrected chi connectivity index (χ0v) is 22.3. The van der Waals surface area contributed by atoms with Gasteiger partial charge in [0.05, 0.1) is 29.1 Å². The van der Waals surface area contributed by atoms with Crippen LogP contribution in [0.4, 0.5) is 0 Å². The molecule has 0 fully saturated rings. The van der Waals surface area contributed by atoms with Gasteiger partial charge in [0.15, 0.2) is 0 Å². The molecule has 0 aromatic carbocycles. The van der Waals surface area contributed by atoms with Crippen LogP contribution in [-0.4, -0.2) is 34.5 Å². The van der Waals surface area contributed by atoms with Crippen LogP contribution in [0.25, 0.3) is 0 Å². The van der Waals surface area contributed by atoms with Crippen LogP contribution in [0.15, 0.2) is 26.8 Å². The van der Waals surface area contributed by atoms with Crippen LogP contribution < -0.4 is 0 Å². The first kappa shape index (κ1) is 25.3. The summed E-state index contributed by atoms with van der Waals surface area (Å²) >= 11 is 15.2. The van der Waals surface area contributed by atoms with Crippen molar-refractivity contribution in [2.24, 2.45) is 0 Å². The maximum absolute atomic E-state index is 8.85. The van der Waals surface area contributed by atoms with E-state index in [9.17, 15) is 0 Å². The third-order valence-electron chi connectivity index (χ3n) is 3.22. The molecule has 0 radical (unpaired) electrons. The van der Waals surface area contributed by atoms with E-state index in [-0.39, 0.29) is 0 Å². The Bertz CT molecular complexity index is 658. The Labute approximate surface area is 203 Å². The molecule has 0 aromatic rings. The highest BCUT2D eigenvalue weighted by Crippen LogP contribution is 2.64. The van der Waals surface area contributed by atoms with Crippen molar-refractivity contribution in [2.75, 3.05) is 34.5 Å². The molecule has 2 heterocycles. The summed E-state index contributed by atoms with van der Waals surface area (Å²) in [7, 11) is 0. The number of nitrogens with zero attached hydrogens (tertiary/aromatic N) is 2. The fraction of sp³-hybridized carbons (Fsp3) is 0.556. The van der Waals surface area contributed by atoms with Crippen molar-refractivity contribution in [3.05, 3.63) is 26.8 Å². The Morgan fingerprint density at radius 1 is 0.714 bits per heavy atom. The first-order chi connectivity index (χ1) is 13.7. The van der Waals surface area contributed by atoms with Gasteiger partial charge in [-0.1, -0.05) is 60.9 Å². The molecule has 2 aliphatic rings. The minimum Gasteiger partial charge on any atom is -0.198 e. The van der Waals surface area contributed by atoms with Crippen LogP contribution in [0.1, 0.15) is 26.7 Å². The lowest BCUT2D eigenvalue weighted by molar-refractivity contribution is 1.24. The highest BCUT2D eigenvalue weighted by molar-refractivity contribution is 8.42. The summed E-state index contributed by atoms with van der Waals surface area (Å²) in [4.78, 5) is 3.07. The second-order valence-electron chi connectivity index (χ2n) is 5.19. The summed E-state index contributed by atoms with van der Waals surface area (Å²) < 4.78 is 5.42. The van der Waals surface area contributed by atoms with E-state index in [2.05, 4.69) is 26.0 Å². The van der Waals surface area contributed by atoms with Gasteiger partial charge >= 0.3 is 0 Å². The van der Waals surface area contributed by atoms with Gasteiger partial charge in [0.2, 0.25) is 0 Å². The molecule has 0 amide bonds.